The minimum Gasteiger partial charge on any atom is -0.507 e. The number of aromatic nitrogens is 3. The largest absolute Gasteiger partial charge is 0.507 e. The average Bonchev–Trinajstić information content (AvgIpc) is 3.24. The fourth-order valence-corrected chi connectivity index (χ4v) is 4.40. The number of carbonyl (C=O) groups excluding carboxylic acids is 1. The Bertz CT molecular complexity index is 1220. The normalized spacial score (nSPS) is 11.8. The zero-order valence-corrected chi connectivity index (χ0v) is 19.7. The van der Waals surface area contributed by atoms with Gasteiger partial charge in [-0.25, -0.2) is 0 Å². The number of rotatable bonds is 7. The van der Waals surface area contributed by atoms with Gasteiger partial charge in [-0.1, -0.05) is 76.2 Å². The molecule has 3 aromatic carbocycles. The summed E-state index contributed by atoms with van der Waals surface area (Å²) < 4.78 is 2.66. The van der Waals surface area contributed by atoms with Gasteiger partial charge < -0.3 is 10.4 Å². The molecule has 8 heteroatoms. The third-order valence-corrected chi connectivity index (χ3v) is 6.28. The van der Waals surface area contributed by atoms with E-state index in [1.165, 1.54) is 11.8 Å². The van der Waals surface area contributed by atoms with Crippen molar-refractivity contribution in [2.24, 2.45) is 0 Å². The third-order valence-electron chi connectivity index (χ3n) is 4.86. The van der Waals surface area contributed by atoms with Crippen molar-refractivity contribution < 1.29 is 9.90 Å². The Kier molecular flexibility index (Phi) is 6.92. The lowest BCUT2D eigenvalue weighted by Gasteiger charge is -2.14. The number of phenolic OH excluding ortho intramolecular Hbond substituents is 1. The average molecular weight is 509 g/mol. The second-order valence-electron chi connectivity index (χ2n) is 7.13. The van der Waals surface area contributed by atoms with E-state index in [-0.39, 0.29) is 23.5 Å². The van der Waals surface area contributed by atoms with Crippen molar-refractivity contribution in [2.45, 2.75) is 18.1 Å². The summed E-state index contributed by atoms with van der Waals surface area (Å²) in [5.41, 5.74) is 2.43. The van der Waals surface area contributed by atoms with Gasteiger partial charge in [0.15, 0.2) is 11.0 Å². The van der Waals surface area contributed by atoms with Crippen molar-refractivity contribution in [3.05, 3.63) is 88.9 Å². The Balaban J connectivity index is 1.58. The number of aromatic hydroxyl groups is 1. The molecular formula is C24H21BrN4O2S. The first-order valence-corrected chi connectivity index (χ1v) is 11.8. The minimum atomic E-state index is -0.0965. The summed E-state index contributed by atoms with van der Waals surface area (Å²) in [4.78, 5) is 12.6. The van der Waals surface area contributed by atoms with Crippen LogP contribution in [0, 0.1) is 0 Å². The summed E-state index contributed by atoms with van der Waals surface area (Å²) in [6.45, 7) is 1.96. The van der Waals surface area contributed by atoms with Crippen molar-refractivity contribution >= 4 is 33.6 Å². The highest BCUT2D eigenvalue weighted by Gasteiger charge is 2.20. The number of halogens is 1. The van der Waals surface area contributed by atoms with Gasteiger partial charge in [0.25, 0.3) is 0 Å². The van der Waals surface area contributed by atoms with Crippen molar-refractivity contribution in [2.75, 3.05) is 5.75 Å². The van der Waals surface area contributed by atoms with Crippen LogP contribution in [0.15, 0.2) is 88.5 Å². The number of hydrogen-bond acceptors (Lipinski definition) is 5. The molecule has 1 atom stereocenters. The fourth-order valence-electron chi connectivity index (χ4n) is 3.27. The molecule has 0 spiro atoms. The van der Waals surface area contributed by atoms with Gasteiger partial charge in [0.1, 0.15) is 5.75 Å². The molecule has 4 rings (SSSR count). The predicted molar refractivity (Wildman–Crippen MR) is 130 cm³/mol. The molecule has 4 aromatic rings. The number of hydrogen-bond donors (Lipinski definition) is 2. The molecule has 0 saturated heterocycles. The lowest BCUT2D eigenvalue weighted by molar-refractivity contribution is -0.119. The van der Waals surface area contributed by atoms with E-state index in [9.17, 15) is 9.90 Å². The van der Waals surface area contributed by atoms with E-state index in [1.54, 1.807) is 18.2 Å². The fraction of sp³-hybridized carbons (Fsp3) is 0.125. The monoisotopic (exact) mass is 508 g/mol. The third kappa shape index (κ3) is 5.03. The van der Waals surface area contributed by atoms with Crippen LogP contribution >= 0.6 is 27.7 Å². The number of carbonyl (C=O) groups is 1. The van der Waals surface area contributed by atoms with Crippen LogP contribution in [-0.4, -0.2) is 31.5 Å². The molecule has 0 aliphatic rings. The number of para-hydroxylation sites is 1. The van der Waals surface area contributed by atoms with E-state index >= 15 is 0 Å². The Morgan fingerprint density at radius 3 is 2.47 bits per heavy atom. The van der Waals surface area contributed by atoms with Gasteiger partial charge in [-0.2, -0.15) is 0 Å². The highest BCUT2D eigenvalue weighted by molar-refractivity contribution is 9.10. The minimum absolute atomic E-state index is 0.0922. The van der Waals surface area contributed by atoms with Crippen molar-refractivity contribution in [3.8, 4) is 22.8 Å². The zero-order valence-electron chi connectivity index (χ0n) is 17.3. The summed E-state index contributed by atoms with van der Waals surface area (Å²) >= 11 is 4.74. The van der Waals surface area contributed by atoms with E-state index in [2.05, 4.69) is 31.4 Å². The van der Waals surface area contributed by atoms with Crippen LogP contribution in [0.25, 0.3) is 17.1 Å². The van der Waals surface area contributed by atoms with Crippen LogP contribution in [0.5, 0.6) is 5.75 Å². The number of nitrogens with one attached hydrogen (secondary N) is 1. The molecule has 1 aromatic heterocycles. The Morgan fingerprint density at radius 1 is 1.06 bits per heavy atom. The summed E-state index contributed by atoms with van der Waals surface area (Å²) in [7, 11) is 0. The smallest absolute Gasteiger partial charge is 0.230 e. The number of amides is 1. The molecule has 1 amide bonds. The first-order valence-electron chi connectivity index (χ1n) is 10.00. The van der Waals surface area contributed by atoms with E-state index in [4.69, 9.17) is 0 Å². The van der Waals surface area contributed by atoms with E-state index in [0.717, 1.165) is 15.7 Å². The van der Waals surface area contributed by atoms with Gasteiger partial charge in [-0.15, -0.1) is 10.2 Å². The Labute approximate surface area is 198 Å². The SMILES string of the molecule is C[C@@H](NC(=O)CSc1nnc(-c2cc(Br)ccc2O)n1-c1ccccc1)c1ccccc1. The molecule has 0 unspecified atom stereocenters. The van der Waals surface area contributed by atoms with E-state index in [0.29, 0.717) is 16.5 Å². The van der Waals surface area contributed by atoms with Gasteiger partial charge >= 0.3 is 0 Å². The quantitative estimate of drug-likeness (QED) is 0.328. The van der Waals surface area contributed by atoms with Gasteiger partial charge in [-0.3, -0.25) is 9.36 Å². The predicted octanol–water partition coefficient (Wildman–Crippen LogP) is 5.37. The first-order chi connectivity index (χ1) is 15.5. The number of phenols is 1. The maximum absolute atomic E-state index is 12.6. The van der Waals surface area contributed by atoms with Crippen molar-refractivity contribution in [3.63, 3.8) is 0 Å². The topological polar surface area (TPSA) is 80.0 Å². The molecule has 0 saturated carbocycles. The molecule has 0 aliphatic carbocycles. The second-order valence-corrected chi connectivity index (χ2v) is 8.99. The van der Waals surface area contributed by atoms with Crippen LogP contribution in [0.1, 0.15) is 18.5 Å². The van der Waals surface area contributed by atoms with E-state index in [1.807, 2.05) is 72.2 Å². The molecule has 0 radical (unpaired) electrons. The highest BCUT2D eigenvalue weighted by Crippen LogP contribution is 2.34. The molecule has 1 heterocycles. The van der Waals surface area contributed by atoms with Gasteiger partial charge in [-0.05, 0) is 42.8 Å². The molecule has 6 nitrogen and oxygen atoms in total. The first kappa shape index (κ1) is 22.1. The van der Waals surface area contributed by atoms with Crippen molar-refractivity contribution in [1.82, 2.24) is 20.1 Å². The molecule has 0 fully saturated rings. The lowest BCUT2D eigenvalue weighted by Crippen LogP contribution is -2.28. The van der Waals surface area contributed by atoms with Gasteiger partial charge in [0, 0.05) is 10.2 Å². The summed E-state index contributed by atoms with van der Waals surface area (Å²) in [6.07, 6.45) is 0. The maximum Gasteiger partial charge on any atom is 0.230 e. The number of nitrogens with zero attached hydrogens (tertiary/aromatic N) is 3. The molecule has 2 N–H and O–H groups in total. The number of benzene rings is 3. The van der Waals surface area contributed by atoms with Crippen LogP contribution in [0.2, 0.25) is 0 Å². The molecule has 162 valence electrons. The maximum atomic E-state index is 12.6. The van der Waals surface area contributed by atoms with E-state index < -0.39 is 0 Å². The van der Waals surface area contributed by atoms with Crippen LogP contribution in [0.3, 0.4) is 0 Å². The highest BCUT2D eigenvalue weighted by atomic mass is 79.9. The van der Waals surface area contributed by atoms with Gasteiger partial charge in [0.2, 0.25) is 5.91 Å². The molecule has 0 bridgehead atoms. The van der Waals surface area contributed by atoms with Gasteiger partial charge in [0.05, 0.1) is 17.4 Å². The Hall–Kier alpha value is -3.10. The Morgan fingerprint density at radius 2 is 1.75 bits per heavy atom. The summed E-state index contributed by atoms with van der Waals surface area (Å²) in [5.74, 6) is 0.687. The van der Waals surface area contributed by atoms with Crippen LogP contribution in [-0.2, 0) is 4.79 Å². The lowest BCUT2D eigenvalue weighted by atomic mass is 10.1. The van der Waals surface area contributed by atoms with Crippen molar-refractivity contribution in [1.29, 1.82) is 0 Å². The molecule has 32 heavy (non-hydrogen) atoms. The standard InChI is InChI=1S/C24H21BrN4O2S/c1-16(17-8-4-2-5-9-17)26-22(31)15-32-24-28-27-23(20-14-18(25)12-13-21(20)30)29(24)19-10-6-3-7-11-19/h2-14,16,30H,15H2,1H3,(H,26,31)/t16-/m1/s1. The molecule has 0 aliphatic heterocycles. The second kappa shape index (κ2) is 10.0. The molecular weight excluding hydrogens is 488 g/mol. The number of thioether (sulfide) groups is 1. The van der Waals surface area contributed by atoms with Crippen LogP contribution in [0.4, 0.5) is 0 Å². The summed E-state index contributed by atoms with van der Waals surface area (Å²) in [5, 5.41) is 22.7. The van der Waals surface area contributed by atoms with Crippen LogP contribution < -0.4 is 5.32 Å². The zero-order chi connectivity index (χ0) is 22.5. The summed E-state index contributed by atoms with van der Waals surface area (Å²) in [6, 6.07) is 24.5.